The first-order valence-corrected chi connectivity index (χ1v) is 13.6. The fourth-order valence-corrected chi connectivity index (χ4v) is 5.52. The summed E-state index contributed by atoms with van der Waals surface area (Å²) in [6.07, 6.45) is 4.61. The predicted molar refractivity (Wildman–Crippen MR) is 149 cm³/mol. The predicted octanol–water partition coefficient (Wildman–Crippen LogP) is 5.47. The van der Waals surface area contributed by atoms with Crippen LogP contribution in [0.5, 0.6) is 5.88 Å². The number of rotatable bonds is 6. The highest BCUT2D eigenvalue weighted by molar-refractivity contribution is 14.1. The van der Waals surface area contributed by atoms with Gasteiger partial charge in [0.1, 0.15) is 11.9 Å². The number of carbonyl (C=O) groups excluding carboxylic acids is 1. The minimum atomic E-state index is -0.787. The number of nitrogens with zero attached hydrogens (tertiary/aromatic N) is 4. The van der Waals surface area contributed by atoms with Gasteiger partial charge in [-0.25, -0.2) is 4.98 Å². The standard InChI is InChI=1S/C28H29IN4O4/c1-4-6-25(34)33(23-13-16(2)21(29)15-20(23)17-9-10-17)24-12-11-22-26(30-24)27(31-32(22)3)37-19-8-5-7-18(14-19)28(35)36/h11-13,15,17-19H,5,7-10,14H2,1-3H3,(H,35,36)/t18-,19+/m0/s1. The highest BCUT2D eigenvalue weighted by atomic mass is 127. The van der Waals surface area contributed by atoms with Gasteiger partial charge in [0.15, 0.2) is 5.52 Å². The molecule has 3 aromatic rings. The second kappa shape index (κ2) is 10.3. The number of benzene rings is 1. The first kappa shape index (κ1) is 25.5. The fourth-order valence-electron chi connectivity index (χ4n) is 5.03. The van der Waals surface area contributed by atoms with Gasteiger partial charge in [0.25, 0.3) is 5.88 Å². The lowest BCUT2D eigenvalue weighted by molar-refractivity contribution is -0.143. The average molecular weight is 612 g/mol. The van der Waals surface area contributed by atoms with Crippen molar-refractivity contribution in [1.82, 2.24) is 14.8 Å². The van der Waals surface area contributed by atoms with Crippen molar-refractivity contribution in [3.63, 3.8) is 0 Å². The molecule has 8 nitrogen and oxygen atoms in total. The zero-order chi connectivity index (χ0) is 26.3. The number of halogens is 1. The number of aryl methyl sites for hydroxylation is 2. The number of aromatic nitrogens is 3. The molecule has 1 N–H and O–H groups in total. The van der Waals surface area contributed by atoms with Crippen molar-refractivity contribution < 1.29 is 19.4 Å². The number of fused-ring (bicyclic) bond motifs is 1. The van der Waals surface area contributed by atoms with E-state index in [1.54, 1.807) is 16.5 Å². The van der Waals surface area contributed by atoms with E-state index in [-0.39, 0.29) is 12.0 Å². The molecule has 37 heavy (non-hydrogen) atoms. The smallest absolute Gasteiger partial charge is 0.308 e. The summed E-state index contributed by atoms with van der Waals surface area (Å²) in [5.74, 6) is 5.11. The number of carboxylic acids is 1. The van der Waals surface area contributed by atoms with Crippen LogP contribution < -0.4 is 9.64 Å². The minimum absolute atomic E-state index is 0.248. The molecule has 1 amide bonds. The molecule has 1 aromatic carbocycles. The molecule has 0 bridgehead atoms. The first-order chi connectivity index (χ1) is 17.8. The molecular weight excluding hydrogens is 583 g/mol. The van der Waals surface area contributed by atoms with E-state index in [0.717, 1.165) is 51.6 Å². The maximum atomic E-state index is 13.4. The van der Waals surface area contributed by atoms with Crippen LogP contribution >= 0.6 is 22.6 Å². The molecule has 2 fully saturated rings. The van der Waals surface area contributed by atoms with Crippen molar-refractivity contribution in [1.29, 1.82) is 0 Å². The van der Waals surface area contributed by atoms with E-state index < -0.39 is 11.9 Å². The normalized spacial score (nSPS) is 19.2. The van der Waals surface area contributed by atoms with E-state index in [4.69, 9.17) is 9.72 Å². The van der Waals surface area contributed by atoms with Gasteiger partial charge in [-0.1, -0.05) is 5.92 Å². The monoisotopic (exact) mass is 612 g/mol. The molecule has 2 aliphatic carbocycles. The minimum Gasteiger partial charge on any atom is -0.481 e. The Labute approximate surface area is 229 Å². The maximum Gasteiger partial charge on any atom is 0.308 e. The number of ether oxygens (including phenoxy) is 1. The van der Waals surface area contributed by atoms with Gasteiger partial charge in [0.2, 0.25) is 0 Å². The molecule has 0 saturated heterocycles. The van der Waals surface area contributed by atoms with Crippen LogP contribution in [-0.2, 0) is 16.6 Å². The van der Waals surface area contributed by atoms with Crippen molar-refractivity contribution >= 4 is 57.0 Å². The number of anilines is 2. The molecule has 192 valence electrons. The molecule has 5 rings (SSSR count). The summed E-state index contributed by atoms with van der Waals surface area (Å²) in [5, 5.41) is 14.0. The van der Waals surface area contributed by atoms with Crippen LogP contribution in [0.15, 0.2) is 24.3 Å². The van der Waals surface area contributed by atoms with Crippen LogP contribution in [0, 0.1) is 28.3 Å². The quantitative estimate of drug-likeness (QED) is 0.293. The Balaban J connectivity index is 1.58. The number of pyridine rings is 1. The number of carbonyl (C=O) groups is 2. The number of hydrogen-bond acceptors (Lipinski definition) is 5. The second-order valence-electron chi connectivity index (χ2n) is 9.86. The maximum absolute atomic E-state index is 13.4. The summed E-state index contributed by atoms with van der Waals surface area (Å²) in [6, 6.07) is 7.91. The summed E-state index contributed by atoms with van der Waals surface area (Å²) >= 11 is 2.34. The van der Waals surface area contributed by atoms with Crippen LogP contribution in [0.1, 0.15) is 62.5 Å². The molecule has 0 radical (unpaired) electrons. The number of hydrogen-bond donors (Lipinski definition) is 1. The second-order valence-corrected chi connectivity index (χ2v) is 11.0. The van der Waals surface area contributed by atoms with Crippen molar-refractivity contribution in [2.45, 2.75) is 64.4 Å². The van der Waals surface area contributed by atoms with E-state index in [0.29, 0.717) is 36.0 Å². The van der Waals surface area contributed by atoms with Gasteiger partial charge in [0, 0.05) is 10.6 Å². The van der Waals surface area contributed by atoms with Gasteiger partial charge >= 0.3 is 11.9 Å². The van der Waals surface area contributed by atoms with E-state index in [2.05, 4.69) is 45.6 Å². The molecule has 2 atom stereocenters. The molecule has 2 heterocycles. The van der Waals surface area contributed by atoms with Crippen molar-refractivity contribution in [3.8, 4) is 17.7 Å². The van der Waals surface area contributed by atoms with E-state index in [1.807, 2.05) is 32.2 Å². The number of amides is 1. The van der Waals surface area contributed by atoms with Crippen LogP contribution in [0.4, 0.5) is 11.5 Å². The molecule has 2 aromatic heterocycles. The molecule has 9 heteroatoms. The summed E-state index contributed by atoms with van der Waals surface area (Å²) in [7, 11) is 1.82. The molecule has 0 spiro atoms. The van der Waals surface area contributed by atoms with E-state index in [1.165, 1.54) is 0 Å². The summed E-state index contributed by atoms with van der Waals surface area (Å²) < 4.78 is 9.09. The largest absolute Gasteiger partial charge is 0.481 e. The molecule has 2 aliphatic rings. The van der Waals surface area contributed by atoms with Crippen molar-refractivity contribution in [2.75, 3.05) is 4.90 Å². The van der Waals surface area contributed by atoms with Gasteiger partial charge in [-0.15, -0.1) is 5.10 Å². The topological polar surface area (TPSA) is 97.6 Å². The molecule has 0 aliphatic heterocycles. The van der Waals surface area contributed by atoms with Crippen molar-refractivity contribution in [2.24, 2.45) is 13.0 Å². The zero-order valence-electron chi connectivity index (χ0n) is 21.1. The lowest BCUT2D eigenvalue weighted by atomic mass is 9.87. The Hall–Kier alpha value is -3.13. The summed E-state index contributed by atoms with van der Waals surface area (Å²) in [4.78, 5) is 31.4. The molecule has 2 saturated carbocycles. The van der Waals surface area contributed by atoms with Gasteiger partial charge in [-0.3, -0.25) is 19.2 Å². The highest BCUT2D eigenvalue weighted by Crippen LogP contribution is 2.47. The summed E-state index contributed by atoms with van der Waals surface area (Å²) in [5.41, 5.74) is 4.32. The van der Waals surface area contributed by atoms with Crippen LogP contribution in [0.2, 0.25) is 0 Å². The van der Waals surface area contributed by atoms with Crippen LogP contribution in [-0.4, -0.2) is 37.9 Å². The highest BCUT2D eigenvalue weighted by Gasteiger charge is 2.32. The van der Waals surface area contributed by atoms with Crippen LogP contribution in [0.3, 0.4) is 0 Å². The Morgan fingerprint density at radius 3 is 2.70 bits per heavy atom. The van der Waals surface area contributed by atoms with Crippen LogP contribution in [0.25, 0.3) is 11.0 Å². The SMILES string of the molecule is CC#CC(=O)N(c1ccc2c(n1)c(O[C@@H]1CCC[C@H](C(=O)O)C1)nn2C)c1cc(C)c(I)cc1C1CC1. The van der Waals surface area contributed by atoms with Gasteiger partial charge < -0.3 is 9.84 Å². The Bertz CT molecular complexity index is 1450. The third-order valence-corrected chi connectivity index (χ3v) is 8.30. The Kier molecular flexibility index (Phi) is 7.12. The first-order valence-electron chi connectivity index (χ1n) is 12.6. The summed E-state index contributed by atoms with van der Waals surface area (Å²) in [6.45, 7) is 3.68. The van der Waals surface area contributed by atoms with E-state index in [9.17, 15) is 14.7 Å². The van der Waals surface area contributed by atoms with Gasteiger partial charge in [-0.2, -0.15) is 0 Å². The Morgan fingerprint density at radius 2 is 2.00 bits per heavy atom. The fraction of sp³-hybridized carbons (Fsp3) is 0.429. The third-order valence-electron chi connectivity index (χ3n) is 7.14. The lowest BCUT2D eigenvalue weighted by Crippen LogP contribution is -2.29. The molecule has 0 unspecified atom stereocenters. The average Bonchev–Trinajstić information content (AvgIpc) is 3.67. The molecular formula is C28H29IN4O4. The van der Waals surface area contributed by atoms with Gasteiger partial charge in [0.05, 0.1) is 17.1 Å². The zero-order valence-corrected chi connectivity index (χ0v) is 23.3. The Morgan fingerprint density at radius 1 is 1.22 bits per heavy atom. The van der Waals surface area contributed by atoms with Crippen molar-refractivity contribution in [3.05, 3.63) is 39.0 Å². The number of aliphatic carboxylic acids is 1. The number of carboxylic acid groups (broad SMARTS) is 1. The van der Waals surface area contributed by atoms with Gasteiger partial charge in [-0.05, 0) is 122 Å². The third kappa shape index (κ3) is 5.17. The lowest BCUT2D eigenvalue weighted by Gasteiger charge is -2.26. The van der Waals surface area contributed by atoms with E-state index >= 15 is 0 Å².